The average molecular weight is 516 g/mol. The Morgan fingerprint density at radius 2 is 1.63 bits per heavy atom. The monoisotopic (exact) mass is 515 g/mol. The van der Waals surface area contributed by atoms with Crippen molar-refractivity contribution in [2.24, 2.45) is 23.2 Å². The van der Waals surface area contributed by atoms with E-state index in [1.807, 2.05) is 25.1 Å². The fourth-order valence-electron chi connectivity index (χ4n) is 7.97. The Bertz CT molecular complexity index is 1100. The first kappa shape index (κ1) is 27.0. The molecule has 0 aliphatic heterocycles. The lowest BCUT2D eigenvalue weighted by atomic mass is 9.44. The predicted octanol–water partition coefficient (Wildman–Crippen LogP) is 7.42. The van der Waals surface area contributed by atoms with Crippen molar-refractivity contribution >= 4 is 11.9 Å². The van der Waals surface area contributed by atoms with Crippen molar-refractivity contribution in [1.82, 2.24) is 4.90 Å². The Kier molecular flexibility index (Phi) is 7.98. The van der Waals surface area contributed by atoms with Crippen molar-refractivity contribution in [3.05, 3.63) is 71.3 Å². The van der Waals surface area contributed by atoms with E-state index >= 15 is 0 Å². The summed E-state index contributed by atoms with van der Waals surface area (Å²) >= 11 is 0. The summed E-state index contributed by atoms with van der Waals surface area (Å²) in [6.45, 7) is 9.53. The Morgan fingerprint density at radius 3 is 2.24 bits per heavy atom. The zero-order valence-electron chi connectivity index (χ0n) is 23.7. The minimum absolute atomic E-state index is 0.254. The zero-order chi connectivity index (χ0) is 26.9. The molecule has 2 aromatic rings. The number of carbonyl (C=O) groups excluding carboxylic acids is 2. The van der Waals surface area contributed by atoms with Crippen molar-refractivity contribution < 1.29 is 14.3 Å². The van der Waals surface area contributed by atoms with Gasteiger partial charge in [-0.3, -0.25) is 4.79 Å². The lowest BCUT2D eigenvalue weighted by Crippen LogP contribution is -2.63. The summed E-state index contributed by atoms with van der Waals surface area (Å²) in [5.74, 6) is 2.61. The van der Waals surface area contributed by atoms with Gasteiger partial charge in [-0.1, -0.05) is 63.2 Å². The summed E-state index contributed by atoms with van der Waals surface area (Å²) in [7, 11) is 0. The highest BCUT2D eigenvalue weighted by Crippen LogP contribution is 2.62. The third-order valence-corrected chi connectivity index (χ3v) is 10.4. The number of benzene rings is 2. The summed E-state index contributed by atoms with van der Waals surface area (Å²) in [4.78, 5) is 28.4. The van der Waals surface area contributed by atoms with Crippen LogP contribution in [0.1, 0.15) is 100 Å². The lowest BCUT2D eigenvalue weighted by molar-refractivity contribution is -0.164. The predicted molar refractivity (Wildman–Crippen MR) is 152 cm³/mol. The third-order valence-electron chi connectivity index (χ3n) is 10.4. The zero-order valence-corrected chi connectivity index (χ0v) is 23.7. The maximum Gasteiger partial charge on any atom is 0.338 e. The molecule has 4 atom stereocenters. The minimum Gasteiger partial charge on any atom is -0.462 e. The Labute approximate surface area is 229 Å². The van der Waals surface area contributed by atoms with Gasteiger partial charge in [0.2, 0.25) is 5.91 Å². The normalized spacial score (nSPS) is 29.7. The van der Waals surface area contributed by atoms with Crippen LogP contribution in [0.4, 0.5) is 0 Å². The first-order valence-electron chi connectivity index (χ1n) is 14.9. The maximum atomic E-state index is 13.9. The summed E-state index contributed by atoms with van der Waals surface area (Å²) in [5.41, 5.74) is 3.58. The van der Waals surface area contributed by atoms with E-state index in [-0.39, 0.29) is 5.97 Å². The number of nitrogens with zero attached hydrogens (tertiary/aromatic N) is 1. The first-order valence-corrected chi connectivity index (χ1v) is 14.9. The molecule has 0 radical (unpaired) electrons. The van der Waals surface area contributed by atoms with Crippen LogP contribution in [0, 0.1) is 23.2 Å². The highest BCUT2D eigenvalue weighted by Gasteiger charge is 2.58. The van der Waals surface area contributed by atoms with Crippen LogP contribution in [0.25, 0.3) is 0 Å². The molecule has 0 spiro atoms. The molecule has 4 saturated carbocycles. The molecule has 0 N–H and O–H groups in total. The van der Waals surface area contributed by atoms with E-state index < -0.39 is 0 Å². The van der Waals surface area contributed by atoms with Gasteiger partial charge >= 0.3 is 5.97 Å². The molecule has 204 valence electrons. The second kappa shape index (κ2) is 11.2. The molecule has 0 aromatic heterocycles. The molecule has 6 rings (SSSR count). The van der Waals surface area contributed by atoms with Gasteiger partial charge in [-0.05, 0) is 104 Å². The first-order chi connectivity index (χ1) is 18.3. The van der Waals surface area contributed by atoms with Gasteiger partial charge < -0.3 is 9.64 Å². The maximum absolute atomic E-state index is 13.9. The van der Waals surface area contributed by atoms with Gasteiger partial charge in [-0.2, -0.15) is 0 Å². The molecule has 4 fully saturated rings. The smallest absolute Gasteiger partial charge is 0.338 e. The number of fused-ring (bicyclic) bond motifs is 2. The lowest BCUT2D eigenvalue weighted by Gasteiger charge is -2.64. The molecule has 1 amide bonds. The van der Waals surface area contributed by atoms with E-state index in [0.717, 1.165) is 50.4 Å². The van der Waals surface area contributed by atoms with Crippen molar-refractivity contribution in [2.75, 3.05) is 6.61 Å². The van der Waals surface area contributed by atoms with E-state index in [1.54, 1.807) is 0 Å². The molecular formula is C34H45NO3. The van der Waals surface area contributed by atoms with Crippen LogP contribution >= 0.6 is 0 Å². The van der Waals surface area contributed by atoms with Gasteiger partial charge in [-0.25, -0.2) is 4.79 Å². The van der Waals surface area contributed by atoms with E-state index in [9.17, 15) is 9.59 Å². The fraction of sp³-hybridized carbons (Fsp3) is 0.588. The number of esters is 1. The van der Waals surface area contributed by atoms with Crippen molar-refractivity contribution in [3.8, 4) is 0 Å². The molecule has 38 heavy (non-hydrogen) atoms. The van der Waals surface area contributed by atoms with Crippen molar-refractivity contribution in [2.45, 2.75) is 97.1 Å². The van der Waals surface area contributed by atoms with Gasteiger partial charge in [0, 0.05) is 18.5 Å². The number of hydrogen-bond acceptors (Lipinski definition) is 3. The van der Waals surface area contributed by atoms with Crippen LogP contribution in [-0.4, -0.2) is 35.5 Å². The average Bonchev–Trinajstić information content (AvgIpc) is 2.94. The third kappa shape index (κ3) is 5.28. The fourth-order valence-corrected chi connectivity index (χ4v) is 7.97. The second-order valence-corrected chi connectivity index (χ2v) is 12.7. The standard InChI is InChI=1S/C34H45NO3/c1-5-38-33(37)27-14-12-25(13-15-27)26-16-18-29(19-17-26)35(32(36)20-11-24-9-7-6-8-10-24)31-22-28-21-30(23(31)2)34(28,3)4/h6-10,12-15,23,26,28-31H,5,11,16-22H2,1-4H3. The van der Waals surface area contributed by atoms with Gasteiger partial charge in [-0.15, -0.1) is 0 Å². The number of hydrogen-bond donors (Lipinski definition) is 0. The van der Waals surface area contributed by atoms with Crippen LogP contribution in [0.15, 0.2) is 54.6 Å². The Morgan fingerprint density at radius 1 is 0.947 bits per heavy atom. The molecule has 2 aromatic carbocycles. The van der Waals surface area contributed by atoms with Gasteiger partial charge in [0.25, 0.3) is 0 Å². The number of ether oxygens (including phenoxy) is 1. The largest absolute Gasteiger partial charge is 0.462 e. The summed E-state index contributed by atoms with van der Waals surface area (Å²) in [6.07, 6.45) is 8.21. The summed E-state index contributed by atoms with van der Waals surface area (Å²) < 4.78 is 5.14. The summed E-state index contributed by atoms with van der Waals surface area (Å²) in [5, 5.41) is 0. The van der Waals surface area contributed by atoms with Crippen LogP contribution < -0.4 is 0 Å². The highest BCUT2D eigenvalue weighted by atomic mass is 16.5. The topological polar surface area (TPSA) is 46.6 Å². The van der Waals surface area contributed by atoms with Crippen LogP contribution in [0.5, 0.6) is 0 Å². The van der Waals surface area contributed by atoms with E-state index in [1.165, 1.54) is 17.5 Å². The number of amides is 1. The van der Waals surface area contributed by atoms with Gasteiger partial charge in [0.15, 0.2) is 0 Å². The molecule has 4 aliphatic carbocycles. The quantitative estimate of drug-likeness (QED) is 0.344. The van der Waals surface area contributed by atoms with Crippen LogP contribution in [-0.2, 0) is 16.0 Å². The highest BCUT2D eigenvalue weighted by molar-refractivity contribution is 5.89. The van der Waals surface area contributed by atoms with E-state index in [0.29, 0.717) is 53.8 Å². The summed E-state index contributed by atoms with van der Waals surface area (Å²) in [6, 6.07) is 19.1. The number of rotatable bonds is 8. The van der Waals surface area contributed by atoms with E-state index in [2.05, 4.69) is 62.1 Å². The SMILES string of the molecule is CCOC(=O)c1ccc(C2CCC(N(C(=O)CCc3ccccc3)C3CC4CC(C3C)C4(C)C)CC2)cc1. The molecule has 4 heteroatoms. The molecule has 2 bridgehead atoms. The molecule has 4 aliphatic rings. The Balaban J connectivity index is 1.27. The van der Waals surface area contributed by atoms with Crippen LogP contribution in [0.2, 0.25) is 0 Å². The molecule has 4 nitrogen and oxygen atoms in total. The second-order valence-electron chi connectivity index (χ2n) is 12.7. The van der Waals surface area contributed by atoms with Gasteiger partial charge in [0.05, 0.1) is 12.2 Å². The number of carbonyl (C=O) groups is 2. The molecular weight excluding hydrogens is 470 g/mol. The molecule has 4 unspecified atom stereocenters. The van der Waals surface area contributed by atoms with Crippen LogP contribution in [0.3, 0.4) is 0 Å². The van der Waals surface area contributed by atoms with Crippen molar-refractivity contribution in [3.63, 3.8) is 0 Å². The molecule has 0 saturated heterocycles. The van der Waals surface area contributed by atoms with E-state index in [4.69, 9.17) is 4.74 Å². The Hall–Kier alpha value is -2.62. The molecule has 0 heterocycles. The van der Waals surface area contributed by atoms with Crippen molar-refractivity contribution in [1.29, 1.82) is 0 Å². The van der Waals surface area contributed by atoms with Gasteiger partial charge in [0.1, 0.15) is 0 Å². The number of aryl methyl sites for hydroxylation is 1. The minimum atomic E-state index is -0.254.